The van der Waals surface area contributed by atoms with E-state index in [1.165, 1.54) is 0 Å². The van der Waals surface area contributed by atoms with Crippen LogP contribution in [0.15, 0.2) is 12.4 Å². The maximum absolute atomic E-state index is 13.3. The molecule has 0 aliphatic carbocycles. The van der Waals surface area contributed by atoms with Crippen LogP contribution in [0.1, 0.15) is 18.7 Å². The second kappa shape index (κ2) is 5.33. The standard InChI is InChI=1S/C14H25N5O2/c1-16-7-9-18(10-8-16)19(21)11-3-4-14(20,12-19)13-15-5-6-17(13)2/h5-6,20H,3-4,7-12H2,1-2H3. The number of imidazole rings is 1. The number of hydrogen-bond acceptors (Lipinski definition) is 5. The lowest BCUT2D eigenvalue weighted by atomic mass is 9.92. The van der Waals surface area contributed by atoms with Gasteiger partial charge in [-0.1, -0.05) is 0 Å². The van der Waals surface area contributed by atoms with E-state index in [4.69, 9.17) is 0 Å². The first-order valence-corrected chi connectivity index (χ1v) is 7.65. The van der Waals surface area contributed by atoms with Gasteiger partial charge < -0.3 is 19.8 Å². The summed E-state index contributed by atoms with van der Waals surface area (Å²) < 4.78 is 1.40. The summed E-state index contributed by atoms with van der Waals surface area (Å²) in [7, 11) is 3.94. The van der Waals surface area contributed by atoms with E-state index < -0.39 is 10.4 Å². The van der Waals surface area contributed by atoms with Gasteiger partial charge in [0.2, 0.25) is 0 Å². The average molecular weight is 295 g/mol. The molecule has 118 valence electrons. The molecule has 21 heavy (non-hydrogen) atoms. The summed E-state index contributed by atoms with van der Waals surface area (Å²) in [6, 6.07) is 0. The quantitative estimate of drug-likeness (QED) is 0.608. The lowest BCUT2D eigenvalue weighted by Crippen LogP contribution is -2.67. The lowest BCUT2D eigenvalue weighted by Gasteiger charge is -2.56. The van der Waals surface area contributed by atoms with Crippen LogP contribution in [0.4, 0.5) is 0 Å². The third kappa shape index (κ3) is 2.72. The van der Waals surface area contributed by atoms with Gasteiger partial charge in [-0.2, -0.15) is 5.01 Å². The third-order valence-corrected chi connectivity index (χ3v) is 4.84. The van der Waals surface area contributed by atoms with Crippen molar-refractivity contribution >= 4 is 0 Å². The number of nitrogens with zero attached hydrogens (tertiary/aromatic N) is 5. The molecule has 3 rings (SSSR count). The first kappa shape index (κ1) is 14.9. The maximum atomic E-state index is 13.3. The fourth-order valence-electron chi connectivity index (χ4n) is 3.58. The molecule has 0 bridgehead atoms. The van der Waals surface area contributed by atoms with Gasteiger partial charge in [0.25, 0.3) is 0 Å². The zero-order valence-corrected chi connectivity index (χ0v) is 12.9. The van der Waals surface area contributed by atoms with E-state index >= 15 is 0 Å². The van der Waals surface area contributed by atoms with Crippen molar-refractivity contribution in [2.75, 3.05) is 46.3 Å². The monoisotopic (exact) mass is 295 g/mol. The first-order valence-electron chi connectivity index (χ1n) is 7.65. The van der Waals surface area contributed by atoms with E-state index in [0.29, 0.717) is 18.8 Å². The highest BCUT2D eigenvalue weighted by molar-refractivity contribution is 5.05. The summed E-state index contributed by atoms with van der Waals surface area (Å²) in [5.74, 6) is 0.606. The van der Waals surface area contributed by atoms with Gasteiger partial charge in [0.15, 0.2) is 5.60 Å². The number of hydroxylamine groups is 2. The molecule has 0 saturated carbocycles. The number of piperazine rings is 1. The number of piperidine rings is 1. The van der Waals surface area contributed by atoms with Crippen molar-refractivity contribution in [1.82, 2.24) is 19.5 Å². The zero-order chi connectivity index (χ0) is 15.1. The van der Waals surface area contributed by atoms with Crippen molar-refractivity contribution in [3.63, 3.8) is 0 Å². The normalized spacial score (nSPS) is 36.0. The molecule has 1 N–H and O–H groups in total. The molecule has 7 nitrogen and oxygen atoms in total. The van der Waals surface area contributed by atoms with Gasteiger partial charge in [-0.25, -0.2) is 4.98 Å². The van der Waals surface area contributed by atoms with Crippen molar-refractivity contribution in [2.45, 2.75) is 18.4 Å². The summed E-state index contributed by atoms with van der Waals surface area (Å²) in [6.45, 7) is 4.05. The minimum atomic E-state index is -1.12. The van der Waals surface area contributed by atoms with Crippen LogP contribution in [-0.4, -0.2) is 75.6 Å². The molecule has 3 heterocycles. The molecule has 0 spiro atoms. The zero-order valence-electron chi connectivity index (χ0n) is 12.9. The van der Waals surface area contributed by atoms with Crippen molar-refractivity contribution in [3.05, 3.63) is 23.4 Å². The Morgan fingerprint density at radius 3 is 2.62 bits per heavy atom. The Kier molecular flexibility index (Phi) is 3.79. The van der Waals surface area contributed by atoms with Crippen LogP contribution in [0.5, 0.6) is 0 Å². The van der Waals surface area contributed by atoms with Gasteiger partial charge in [0, 0.05) is 39.0 Å². The van der Waals surface area contributed by atoms with Crippen LogP contribution in [0, 0.1) is 5.21 Å². The average Bonchev–Trinajstić information content (AvgIpc) is 2.86. The third-order valence-electron chi connectivity index (χ3n) is 4.84. The van der Waals surface area contributed by atoms with Gasteiger partial charge >= 0.3 is 0 Å². The minimum absolute atomic E-state index is 0.168. The summed E-state index contributed by atoms with van der Waals surface area (Å²) in [5, 5.41) is 26.2. The SMILES string of the molecule is CN1CCN([N+]2([O-])CCCC(O)(c3nccn3C)C2)CC1. The summed E-state index contributed by atoms with van der Waals surface area (Å²) in [5.41, 5.74) is -1.12. The molecule has 2 aliphatic rings. The smallest absolute Gasteiger partial charge is 0.173 e. The molecule has 1 aromatic rings. The fourth-order valence-corrected chi connectivity index (χ4v) is 3.58. The van der Waals surface area contributed by atoms with Crippen LogP contribution in [0.2, 0.25) is 0 Å². The summed E-state index contributed by atoms with van der Waals surface area (Å²) >= 11 is 0. The first-order chi connectivity index (χ1) is 9.93. The number of aliphatic hydroxyl groups is 1. The second-order valence-corrected chi connectivity index (χ2v) is 6.48. The number of rotatable bonds is 2. The Morgan fingerprint density at radius 2 is 2.00 bits per heavy atom. The predicted molar refractivity (Wildman–Crippen MR) is 78.8 cm³/mol. The van der Waals surface area contributed by atoms with E-state index in [-0.39, 0.29) is 6.54 Å². The Hall–Kier alpha value is -0.990. The highest BCUT2D eigenvalue weighted by Gasteiger charge is 2.46. The van der Waals surface area contributed by atoms with Gasteiger partial charge in [-0.05, 0) is 13.5 Å². The summed E-state index contributed by atoms with van der Waals surface area (Å²) in [6.07, 6.45) is 4.82. The molecule has 2 saturated heterocycles. The number of quaternary nitrogens is 1. The maximum Gasteiger partial charge on any atom is 0.173 e. The van der Waals surface area contributed by atoms with Crippen LogP contribution in [0.3, 0.4) is 0 Å². The van der Waals surface area contributed by atoms with Gasteiger partial charge in [-0.3, -0.25) is 4.76 Å². The number of hydrogen-bond donors (Lipinski definition) is 1. The van der Waals surface area contributed by atoms with E-state index in [2.05, 4.69) is 16.9 Å². The number of likely N-dealkylation sites (N-methyl/N-ethyl adjacent to an activating group) is 1. The highest BCUT2D eigenvalue weighted by atomic mass is 16.6. The Bertz CT molecular complexity index is 499. The molecule has 0 amide bonds. The van der Waals surface area contributed by atoms with E-state index in [0.717, 1.165) is 32.6 Å². The minimum Gasteiger partial charge on any atom is -0.611 e. The van der Waals surface area contributed by atoms with Crippen molar-refractivity contribution < 1.29 is 9.86 Å². The Morgan fingerprint density at radius 1 is 1.29 bits per heavy atom. The van der Waals surface area contributed by atoms with Crippen molar-refractivity contribution in [3.8, 4) is 0 Å². The molecule has 1 aromatic heterocycles. The Labute approximate surface area is 125 Å². The van der Waals surface area contributed by atoms with Crippen LogP contribution in [0.25, 0.3) is 0 Å². The number of aromatic nitrogens is 2. The van der Waals surface area contributed by atoms with Crippen LogP contribution in [-0.2, 0) is 12.6 Å². The van der Waals surface area contributed by atoms with E-state index in [1.54, 1.807) is 6.20 Å². The van der Waals surface area contributed by atoms with Gasteiger partial charge in [0.05, 0.1) is 19.6 Å². The molecule has 7 heteroatoms. The van der Waals surface area contributed by atoms with E-state index in [1.807, 2.05) is 22.8 Å². The highest BCUT2D eigenvalue weighted by Crippen LogP contribution is 2.35. The van der Waals surface area contributed by atoms with Crippen LogP contribution >= 0.6 is 0 Å². The van der Waals surface area contributed by atoms with Crippen molar-refractivity contribution in [1.29, 1.82) is 0 Å². The predicted octanol–water partition coefficient (Wildman–Crippen LogP) is -0.121. The molecule has 2 fully saturated rings. The molecule has 0 radical (unpaired) electrons. The Balaban J connectivity index is 1.80. The largest absolute Gasteiger partial charge is 0.611 e. The van der Waals surface area contributed by atoms with Crippen molar-refractivity contribution in [2.24, 2.45) is 7.05 Å². The topological polar surface area (TPSA) is 67.6 Å². The van der Waals surface area contributed by atoms with Crippen LogP contribution < -0.4 is 0 Å². The number of aryl methyl sites for hydroxylation is 1. The molecular formula is C14H25N5O2. The second-order valence-electron chi connectivity index (χ2n) is 6.48. The van der Waals surface area contributed by atoms with Gasteiger partial charge in [-0.15, -0.1) is 0 Å². The lowest BCUT2D eigenvalue weighted by molar-refractivity contribution is -1.00. The molecule has 2 unspecified atom stereocenters. The summed E-state index contributed by atoms with van der Waals surface area (Å²) in [4.78, 5) is 6.50. The molecular weight excluding hydrogens is 270 g/mol. The van der Waals surface area contributed by atoms with E-state index in [9.17, 15) is 10.3 Å². The fraction of sp³-hybridized carbons (Fsp3) is 0.786. The molecule has 0 aromatic carbocycles. The molecule has 2 atom stereocenters. The molecule has 2 aliphatic heterocycles. The van der Waals surface area contributed by atoms with Gasteiger partial charge in [0.1, 0.15) is 12.4 Å².